The maximum Gasteiger partial charge on any atom is 0.123 e. The summed E-state index contributed by atoms with van der Waals surface area (Å²) in [6.07, 6.45) is 2.08. The molecule has 0 aliphatic carbocycles. The SMILES string of the molecule is CCOC.NC1CCN(CCc2ccc(F)cc2)C1. The molecule has 4 heteroatoms. The molecule has 19 heavy (non-hydrogen) atoms. The molecule has 0 spiro atoms. The van der Waals surface area contributed by atoms with Gasteiger partial charge in [-0.25, -0.2) is 4.39 Å². The summed E-state index contributed by atoms with van der Waals surface area (Å²) in [7, 11) is 1.68. The molecule has 3 nitrogen and oxygen atoms in total. The first-order chi connectivity index (χ1) is 9.15. The van der Waals surface area contributed by atoms with Gasteiger partial charge in [-0.05, 0) is 44.0 Å². The van der Waals surface area contributed by atoms with Gasteiger partial charge in [0.25, 0.3) is 0 Å². The van der Waals surface area contributed by atoms with Crippen molar-refractivity contribution in [3.05, 3.63) is 35.6 Å². The van der Waals surface area contributed by atoms with Crippen LogP contribution < -0.4 is 5.73 Å². The molecule has 1 aliphatic rings. The molecule has 0 amide bonds. The Labute approximate surface area is 115 Å². The van der Waals surface area contributed by atoms with Gasteiger partial charge in [0.2, 0.25) is 0 Å². The molecule has 1 heterocycles. The standard InChI is InChI=1S/C12H17FN2.C3H8O/c13-11-3-1-10(2-4-11)5-7-15-8-6-12(14)9-15;1-3-4-2/h1-4,12H,5-9,14H2;3H2,1-2H3. The van der Waals surface area contributed by atoms with Crippen LogP contribution in [-0.4, -0.2) is 44.3 Å². The molecule has 1 saturated heterocycles. The van der Waals surface area contributed by atoms with E-state index in [0.29, 0.717) is 6.04 Å². The van der Waals surface area contributed by atoms with Crippen molar-refractivity contribution in [3.63, 3.8) is 0 Å². The first kappa shape index (κ1) is 16.1. The molecular formula is C15H25FN2O. The van der Waals surface area contributed by atoms with Crippen LogP contribution in [-0.2, 0) is 11.2 Å². The highest BCUT2D eigenvalue weighted by Gasteiger charge is 2.17. The second kappa shape index (κ2) is 9.02. The van der Waals surface area contributed by atoms with Crippen LogP contribution in [0.2, 0.25) is 0 Å². The lowest BCUT2D eigenvalue weighted by Crippen LogP contribution is -2.28. The van der Waals surface area contributed by atoms with Gasteiger partial charge in [-0.1, -0.05) is 12.1 Å². The minimum atomic E-state index is -0.165. The maximum absolute atomic E-state index is 12.7. The lowest BCUT2D eigenvalue weighted by molar-refractivity contribution is 0.215. The molecule has 0 radical (unpaired) electrons. The van der Waals surface area contributed by atoms with Crippen molar-refractivity contribution in [2.75, 3.05) is 33.4 Å². The number of hydrogen-bond donors (Lipinski definition) is 1. The van der Waals surface area contributed by atoms with E-state index in [1.807, 2.05) is 19.1 Å². The summed E-state index contributed by atoms with van der Waals surface area (Å²) < 4.78 is 17.2. The summed E-state index contributed by atoms with van der Waals surface area (Å²) in [6.45, 7) is 5.91. The lowest BCUT2D eigenvalue weighted by atomic mass is 10.1. The molecular weight excluding hydrogens is 243 g/mol. The van der Waals surface area contributed by atoms with Gasteiger partial charge in [-0.2, -0.15) is 0 Å². The van der Waals surface area contributed by atoms with Crippen molar-refractivity contribution < 1.29 is 9.13 Å². The van der Waals surface area contributed by atoms with E-state index in [4.69, 9.17) is 5.73 Å². The van der Waals surface area contributed by atoms with E-state index in [9.17, 15) is 4.39 Å². The summed E-state index contributed by atoms with van der Waals surface area (Å²) in [6, 6.07) is 7.09. The van der Waals surface area contributed by atoms with E-state index in [1.165, 1.54) is 17.7 Å². The predicted molar refractivity (Wildman–Crippen MR) is 76.7 cm³/mol. The average Bonchev–Trinajstić information content (AvgIpc) is 2.84. The van der Waals surface area contributed by atoms with Crippen LogP contribution in [0, 0.1) is 5.82 Å². The summed E-state index contributed by atoms with van der Waals surface area (Å²) in [5.41, 5.74) is 7.01. The highest BCUT2D eigenvalue weighted by atomic mass is 19.1. The van der Waals surface area contributed by atoms with Crippen molar-refractivity contribution >= 4 is 0 Å². The normalized spacial score (nSPS) is 19.1. The second-order valence-electron chi connectivity index (χ2n) is 4.80. The number of nitrogens with two attached hydrogens (primary N) is 1. The first-order valence-corrected chi connectivity index (χ1v) is 6.87. The Hall–Kier alpha value is -0.970. The minimum Gasteiger partial charge on any atom is -0.385 e. The smallest absolute Gasteiger partial charge is 0.123 e. The van der Waals surface area contributed by atoms with Crippen LogP contribution in [0.15, 0.2) is 24.3 Å². The van der Waals surface area contributed by atoms with Crippen molar-refractivity contribution in [1.29, 1.82) is 0 Å². The minimum absolute atomic E-state index is 0.165. The number of rotatable bonds is 4. The zero-order chi connectivity index (χ0) is 14.1. The molecule has 0 aromatic heterocycles. The topological polar surface area (TPSA) is 38.5 Å². The fourth-order valence-electron chi connectivity index (χ4n) is 2.00. The number of benzene rings is 1. The molecule has 2 rings (SSSR count). The zero-order valence-electron chi connectivity index (χ0n) is 11.9. The van der Waals surface area contributed by atoms with Crippen LogP contribution >= 0.6 is 0 Å². The highest BCUT2D eigenvalue weighted by molar-refractivity contribution is 5.16. The fraction of sp³-hybridized carbons (Fsp3) is 0.600. The van der Waals surface area contributed by atoms with Crippen LogP contribution in [0.4, 0.5) is 4.39 Å². The molecule has 1 fully saturated rings. The number of methoxy groups -OCH3 is 1. The van der Waals surface area contributed by atoms with Crippen molar-refractivity contribution in [2.24, 2.45) is 5.73 Å². The number of halogens is 1. The number of hydrogen-bond acceptors (Lipinski definition) is 3. The van der Waals surface area contributed by atoms with Crippen molar-refractivity contribution in [1.82, 2.24) is 4.90 Å². The third kappa shape index (κ3) is 6.66. The van der Waals surface area contributed by atoms with Crippen molar-refractivity contribution in [3.8, 4) is 0 Å². The number of nitrogens with zero attached hydrogens (tertiary/aromatic N) is 1. The molecule has 1 atom stereocenters. The Kier molecular flexibility index (Phi) is 7.63. The first-order valence-electron chi connectivity index (χ1n) is 6.87. The Morgan fingerprint density at radius 1 is 1.37 bits per heavy atom. The predicted octanol–water partition coefficient (Wildman–Crippen LogP) is 2.05. The molecule has 108 valence electrons. The Morgan fingerprint density at radius 3 is 2.47 bits per heavy atom. The maximum atomic E-state index is 12.7. The van der Waals surface area contributed by atoms with Gasteiger partial charge in [0.05, 0.1) is 0 Å². The van der Waals surface area contributed by atoms with E-state index in [2.05, 4.69) is 9.64 Å². The van der Waals surface area contributed by atoms with E-state index in [-0.39, 0.29) is 5.82 Å². The monoisotopic (exact) mass is 268 g/mol. The second-order valence-corrected chi connectivity index (χ2v) is 4.80. The van der Waals surface area contributed by atoms with Crippen LogP contribution in [0.5, 0.6) is 0 Å². The number of likely N-dealkylation sites (tertiary alicyclic amines) is 1. The van der Waals surface area contributed by atoms with Gasteiger partial charge in [0, 0.05) is 32.8 Å². The summed E-state index contributed by atoms with van der Waals surface area (Å²) >= 11 is 0. The van der Waals surface area contributed by atoms with E-state index >= 15 is 0 Å². The van der Waals surface area contributed by atoms with E-state index < -0.39 is 0 Å². The Morgan fingerprint density at radius 2 is 2.00 bits per heavy atom. The van der Waals surface area contributed by atoms with Gasteiger partial charge in [-0.15, -0.1) is 0 Å². The van der Waals surface area contributed by atoms with Gasteiger partial charge in [0.15, 0.2) is 0 Å². The van der Waals surface area contributed by atoms with E-state index in [0.717, 1.165) is 39.1 Å². The molecule has 0 bridgehead atoms. The Balaban J connectivity index is 0.000000399. The van der Waals surface area contributed by atoms with Gasteiger partial charge >= 0.3 is 0 Å². The molecule has 0 saturated carbocycles. The van der Waals surface area contributed by atoms with Gasteiger partial charge in [-0.3, -0.25) is 0 Å². The van der Waals surface area contributed by atoms with Crippen molar-refractivity contribution in [2.45, 2.75) is 25.8 Å². The van der Waals surface area contributed by atoms with Crippen LogP contribution in [0.1, 0.15) is 18.9 Å². The van der Waals surface area contributed by atoms with Gasteiger partial charge < -0.3 is 15.4 Å². The molecule has 1 unspecified atom stereocenters. The quantitative estimate of drug-likeness (QED) is 0.908. The average molecular weight is 268 g/mol. The fourth-order valence-corrected chi connectivity index (χ4v) is 2.00. The molecule has 2 N–H and O–H groups in total. The van der Waals surface area contributed by atoms with Crippen LogP contribution in [0.3, 0.4) is 0 Å². The summed E-state index contributed by atoms with van der Waals surface area (Å²) in [5, 5.41) is 0. The zero-order valence-corrected chi connectivity index (χ0v) is 11.9. The third-order valence-corrected chi connectivity index (χ3v) is 3.23. The molecule has 1 aromatic carbocycles. The van der Waals surface area contributed by atoms with E-state index in [1.54, 1.807) is 7.11 Å². The highest BCUT2D eigenvalue weighted by Crippen LogP contribution is 2.09. The summed E-state index contributed by atoms with van der Waals surface area (Å²) in [4.78, 5) is 2.37. The molecule has 1 aromatic rings. The van der Waals surface area contributed by atoms with Gasteiger partial charge in [0.1, 0.15) is 5.82 Å². The molecule has 1 aliphatic heterocycles. The number of ether oxygens (including phenoxy) is 1. The van der Waals surface area contributed by atoms with Crippen LogP contribution in [0.25, 0.3) is 0 Å². The lowest BCUT2D eigenvalue weighted by Gasteiger charge is -2.14. The largest absolute Gasteiger partial charge is 0.385 e. The third-order valence-electron chi connectivity index (χ3n) is 3.23. The Bertz CT molecular complexity index is 341. The summed E-state index contributed by atoms with van der Waals surface area (Å²) in [5.74, 6) is -0.165.